The molecule has 0 fully saturated rings. The van der Waals surface area contributed by atoms with Crippen molar-refractivity contribution in [2.75, 3.05) is 23.8 Å². The lowest BCUT2D eigenvalue weighted by Gasteiger charge is -2.20. The van der Waals surface area contributed by atoms with Crippen LogP contribution in [0.1, 0.15) is 31.1 Å². The van der Waals surface area contributed by atoms with Crippen LogP contribution in [0.4, 0.5) is 11.6 Å². The van der Waals surface area contributed by atoms with Crippen molar-refractivity contribution in [3.8, 4) is 17.0 Å². The predicted molar refractivity (Wildman–Crippen MR) is 116 cm³/mol. The summed E-state index contributed by atoms with van der Waals surface area (Å²) in [4.78, 5) is 22.5. The van der Waals surface area contributed by atoms with Gasteiger partial charge in [0.25, 0.3) is 5.91 Å². The number of nitrogens with two attached hydrogens (primary N) is 1. The fraction of sp³-hybridized carbons (Fsp3) is 0.333. The van der Waals surface area contributed by atoms with Gasteiger partial charge in [0, 0.05) is 35.8 Å². The number of amides is 1. The van der Waals surface area contributed by atoms with Crippen LogP contribution in [-0.4, -0.2) is 38.8 Å². The average Bonchev–Trinajstić information content (AvgIpc) is 3.04. The third kappa shape index (κ3) is 4.09. The normalized spacial score (nSPS) is 14.3. The van der Waals surface area contributed by atoms with E-state index in [2.05, 4.69) is 35.8 Å². The number of carbonyl (C=O) groups excluding carboxylic acids is 1. The van der Waals surface area contributed by atoms with Gasteiger partial charge in [0.1, 0.15) is 12.2 Å². The van der Waals surface area contributed by atoms with Gasteiger partial charge in [0.15, 0.2) is 0 Å². The minimum absolute atomic E-state index is 0.0643. The Balaban J connectivity index is 1.62. The van der Waals surface area contributed by atoms with Gasteiger partial charge in [-0.2, -0.15) is 10.1 Å². The average molecular weight is 427 g/mol. The molecule has 3 heterocycles. The van der Waals surface area contributed by atoms with Crippen LogP contribution in [0.25, 0.3) is 11.1 Å². The second kappa shape index (κ2) is 7.60. The molecule has 156 valence electrons. The molecule has 0 saturated carbocycles. The minimum atomic E-state index is -0.260. The number of ether oxygens (including phenoxy) is 1. The van der Waals surface area contributed by atoms with Crippen LogP contribution in [0.15, 0.2) is 36.8 Å². The molecule has 3 aromatic rings. The molecular formula is C21H23ClN6O2. The Morgan fingerprint density at radius 2 is 2.03 bits per heavy atom. The van der Waals surface area contributed by atoms with Crippen molar-refractivity contribution < 1.29 is 9.53 Å². The Morgan fingerprint density at radius 1 is 1.23 bits per heavy atom. The number of nitrogen functional groups attached to an aromatic ring is 1. The summed E-state index contributed by atoms with van der Waals surface area (Å²) in [5.41, 5.74) is 8.44. The summed E-state index contributed by atoms with van der Waals surface area (Å²) in [6, 6.07) is 5.54. The van der Waals surface area contributed by atoms with E-state index in [0.717, 1.165) is 17.7 Å². The maximum Gasteiger partial charge on any atom is 0.265 e. The third-order valence-corrected chi connectivity index (χ3v) is 4.96. The van der Waals surface area contributed by atoms with Crippen molar-refractivity contribution in [2.24, 2.45) is 5.41 Å². The van der Waals surface area contributed by atoms with Crippen LogP contribution in [0, 0.1) is 5.41 Å². The van der Waals surface area contributed by atoms with Crippen molar-refractivity contribution >= 4 is 29.1 Å². The number of aromatic nitrogens is 4. The maximum atomic E-state index is 13.0. The van der Waals surface area contributed by atoms with Crippen LogP contribution in [0.3, 0.4) is 0 Å². The van der Waals surface area contributed by atoms with Gasteiger partial charge in [0.05, 0.1) is 17.8 Å². The topological polar surface area (TPSA) is 99.2 Å². The highest BCUT2D eigenvalue weighted by Gasteiger charge is 2.27. The highest BCUT2D eigenvalue weighted by Crippen LogP contribution is 2.33. The zero-order valence-corrected chi connectivity index (χ0v) is 17.8. The Morgan fingerprint density at radius 3 is 2.77 bits per heavy atom. The van der Waals surface area contributed by atoms with Crippen LogP contribution in [0.5, 0.6) is 5.88 Å². The first-order valence-corrected chi connectivity index (χ1v) is 9.99. The number of anilines is 2. The van der Waals surface area contributed by atoms with Gasteiger partial charge in [-0.25, -0.2) is 4.98 Å². The smallest absolute Gasteiger partial charge is 0.265 e. The van der Waals surface area contributed by atoms with Crippen molar-refractivity contribution in [3.63, 3.8) is 0 Å². The lowest BCUT2D eigenvalue weighted by Crippen LogP contribution is -2.32. The first-order chi connectivity index (χ1) is 14.2. The third-order valence-electron chi connectivity index (χ3n) is 4.65. The number of nitrogens with zero attached hydrogens (tertiary/aromatic N) is 5. The number of halogens is 1. The SMILES string of the molecule is CC(C)(C)Cn1cc(-c2ccc(N3CCOc4nc(N)ncc4C3=O)cc2Cl)cn1. The highest BCUT2D eigenvalue weighted by atomic mass is 35.5. The standard InChI is InChI=1S/C21H23ClN6O2/c1-21(2,3)12-27-11-13(9-25-27)15-5-4-14(8-17(15)22)28-6-7-30-18-16(19(28)29)10-24-20(23)26-18/h4-5,8-11H,6-7,12H2,1-3H3,(H2,23,24,26). The fourth-order valence-corrected chi connectivity index (χ4v) is 3.63. The minimum Gasteiger partial charge on any atom is -0.475 e. The molecule has 30 heavy (non-hydrogen) atoms. The summed E-state index contributed by atoms with van der Waals surface area (Å²) in [6.45, 7) is 7.93. The molecule has 9 heteroatoms. The number of rotatable bonds is 3. The molecule has 1 aliphatic heterocycles. The molecule has 0 radical (unpaired) electrons. The number of hydrogen-bond donors (Lipinski definition) is 1. The molecule has 2 aromatic heterocycles. The molecule has 0 saturated heterocycles. The lowest BCUT2D eigenvalue weighted by molar-refractivity contribution is 0.0989. The van der Waals surface area contributed by atoms with E-state index in [4.69, 9.17) is 22.1 Å². The van der Waals surface area contributed by atoms with Gasteiger partial charge in [0.2, 0.25) is 11.8 Å². The van der Waals surface area contributed by atoms with E-state index in [0.29, 0.717) is 17.3 Å². The highest BCUT2D eigenvalue weighted by molar-refractivity contribution is 6.33. The number of benzene rings is 1. The van der Waals surface area contributed by atoms with E-state index in [9.17, 15) is 4.79 Å². The number of fused-ring (bicyclic) bond motifs is 1. The van der Waals surface area contributed by atoms with Gasteiger partial charge >= 0.3 is 0 Å². The Hall–Kier alpha value is -3.13. The molecule has 1 aliphatic rings. The van der Waals surface area contributed by atoms with Gasteiger partial charge < -0.3 is 15.4 Å². The fourth-order valence-electron chi connectivity index (χ4n) is 3.34. The molecule has 0 atom stereocenters. The van der Waals surface area contributed by atoms with E-state index in [1.165, 1.54) is 6.20 Å². The maximum absolute atomic E-state index is 13.0. The molecule has 0 unspecified atom stereocenters. The molecule has 4 rings (SSSR count). The van der Waals surface area contributed by atoms with Crippen LogP contribution >= 0.6 is 11.6 Å². The van der Waals surface area contributed by atoms with Crippen molar-refractivity contribution in [1.82, 2.24) is 19.7 Å². The van der Waals surface area contributed by atoms with E-state index in [-0.39, 0.29) is 35.3 Å². The van der Waals surface area contributed by atoms with E-state index >= 15 is 0 Å². The van der Waals surface area contributed by atoms with Gasteiger partial charge in [-0.3, -0.25) is 9.48 Å². The second-order valence-electron chi connectivity index (χ2n) is 8.40. The largest absolute Gasteiger partial charge is 0.475 e. The molecule has 0 spiro atoms. The van der Waals surface area contributed by atoms with Crippen LogP contribution in [0.2, 0.25) is 5.02 Å². The summed E-state index contributed by atoms with van der Waals surface area (Å²) < 4.78 is 7.49. The Bertz CT molecular complexity index is 1110. The Kier molecular flexibility index (Phi) is 5.11. The first kappa shape index (κ1) is 20.2. The van der Waals surface area contributed by atoms with E-state index in [1.807, 2.05) is 23.0 Å². The van der Waals surface area contributed by atoms with Crippen LogP contribution < -0.4 is 15.4 Å². The summed E-state index contributed by atoms with van der Waals surface area (Å²) >= 11 is 6.59. The number of carbonyl (C=O) groups is 1. The molecule has 2 N–H and O–H groups in total. The second-order valence-corrected chi connectivity index (χ2v) is 8.81. The van der Waals surface area contributed by atoms with Crippen molar-refractivity contribution in [1.29, 1.82) is 0 Å². The summed E-state index contributed by atoms with van der Waals surface area (Å²) in [7, 11) is 0. The molecule has 8 nitrogen and oxygen atoms in total. The molecule has 1 aromatic carbocycles. The zero-order chi connectivity index (χ0) is 21.5. The van der Waals surface area contributed by atoms with Crippen molar-refractivity contribution in [2.45, 2.75) is 27.3 Å². The van der Waals surface area contributed by atoms with Crippen molar-refractivity contribution in [3.05, 3.63) is 47.4 Å². The zero-order valence-electron chi connectivity index (χ0n) is 17.1. The van der Waals surface area contributed by atoms with Gasteiger partial charge in [-0.05, 0) is 17.5 Å². The lowest BCUT2D eigenvalue weighted by atomic mass is 9.97. The summed E-state index contributed by atoms with van der Waals surface area (Å²) in [5.74, 6) is 0.00250. The Labute approximate surface area is 179 Å². The monoisotopic (exact) mass is 426 g/mol. The molecule has 0 aliphatic carbocycles. The number of hydrogen-bond acceptors (Lipinski definition) is 6. The van der Waals surface area contributed by atoms with E-state index < -0.39 is 0 Å². The van der Waals surface area contributed by atoms with E-state index in [1.54, 1.807) is 17.2 Å². The quantitative estimate of drug-likeness (QED) is 0.686. The first-order valence-electron chi connectivity index (χ1n) is 9.61. The summed E-state index contributed by atoms with van der Waals surface area (Å²) in [6.07, 6.45) is 5.17. The van der Waals surface area contributed by atoms with Crippen LogP contribution in [-0.2, 0) is 6.54 Å². The predicted octanol–water partition coefficient (Wildman–Crippen LogP) is 3.66. The summed E-state index contributed by atoms with van der Waals surface area (Å²) in [5, 5.41) is 4.98. The molecule has 1 amide bonds. The van der Waals surface area contributed by atoms with Gasteiger partial charge in [-0.1, -0.05) is 38.4 Å². The van der Waals surface area contributed by atoms with Gasteiger partial charge in [-0.15, -0.1) is 0 Å². The molecule has 0 bridgehead atoms. The molecular weight excluding hydrogens is 404 g/mol.